The fourth-order valence-electron chi connectivity index (χ4n) is 4.21. The molecule has 3 heterocycles. The maximum atomic E-state index is 13.1. The van der Waals surface area contributed by atoms with E-state index >= 15 is 0 Å². The lowest BCUT2D eigenvalue weighted by atomic mass is 9.97. The number of hydrogen-bond donors (Lipinski definition) is 2. The molecular weight excluding hydrogens is 456 g/mol. The Labute approximate surface area is 201 Å². The summed E-state index contributed by atoms with van der Waals surface area (Å²) in [7, 11) is 4.60. The topological polar surface area (TPSA) is 133 Å². The quantitative estimate of drug-likeness (QED) is 0.360. The molecule has 12 nitrogen and oxygen atoms in total. The van der Waals surface area contributed by atoms with Crippen molar-refractivity contribution in [3.8, 4) is 22.9 Å². The number of methoxy groups -OCH3 is 3. The maximum Gasteiger partial charge on any atom is 0.332 e. The average molecular weight is 485 g/mol. The van der Waals surface area contributed by atoms with Crippen molar-refractivity contribution in [2.45, 2.75) is 19.4 Å². The van der Waals surface area contributed by atoms with Crippen molar-refractivity contribution in [2.75, 3.05) is 39.3 Å². The van der Waals surface area contributed by atoms with E-state index in [1.54, 1.807) is 39.1 Å². The SMILES string of the molecule is COc1cc(-n2ccn(CC3CCN(c4ncc(C(=O)NO)cn4)CC3)c2=O)cc(OC)c1OC. The molecule has 0 bridgehead atoms. The van der Waals surface area contributed by atoms with E-state index in [9.17, 15) is 9.59 Å². The minimum absolute atomic E-state index is 0.150. The molecule has 0 atom stereocenters. The molecule has 0 unspecified atom stereocenters. The zero-order valence-corrected chi connectivity index (χ0v) is 19.8. The van der Waals surface area contributed by atoms with Gasteiger partial charge in [0.05, 0.1) is 32.6 Å². The van der Waals surface area contributed by atoms with E-state index in [0.29, 0.717) is 41.3 Å². The molecule has 1 aliphatic heterocycles. The standard InChI is InChI=1S/C23H28N6O6/c1-33-18-10-17(11-19(34-2)20(18)35-3)29-9-8-28(23(29)31)14-15-4-6-27(7-5-15)22-24-12-16(13-25-22)21(30)26-32/h8-13,15,32H,4-7,14H2,1-3H3,(H,26,30). The van der Waals surface area contributed by atoms with Crippen LogP contribution in [-0.2, 0) is 6.54 Å². The largest absolute Gasteiger partial charge is 0.493 e. The number of ether oxygens (including phenoxy) is 3. The highest BCUT2D eigenvalue weighted by atomic mass is 16.5. The Balaban J connectivity index is 1.43. The third-order valence-electron chi connectivity index (χ3n) is 6.13. The summed E-state index contributed by atoms with van der Waals surface area (Å²) in [5, 5.41) is 8.70. The van der Waals surface area contributed by atoms with Crippen LogP contribution < -0.4 is 30.3 Å². The van der Waals surface area contributed by atoms with Gasteiger partial charge in [-0.05, 0) is 18.8 Å². The van der Waals surface area contributed by atoms with E-state index in [2.05, 4.69) is 9.97 Å². The van der Waals surface area contributed by atoms with Crippen molar-refractivity contribution in [1.82, 2.24) is 24.6 Å². The van der Waals surface area contributed by atoms with E-state index in [0.717, 1.165) is 25.9 Å². The molecule has 0 aliphatic carbocycles. The van der Waals surface area contributed by atoms with Crippen LogP contribution >= 0.6 is 0 Å². The highest BCUT2D eigenvalue weighted by Gasteiger charge is 2.23. The molecule has 4 rings (SSSR count). The van der Waals surface area contributed by atoms with Crippen LogP contribution in [0.15, 0.2) is 41.7 Å². The molecule has 0 saturated carbocycles. The number of anilines is 1. The number of imidazole rings is 1. The van der Waals surface area contributed by atoms with E-state index < -0.39 is 5.91 Å². The molecule has 1 saturated heterocycles. The number of nitrogens with one attached hydrogen (secondary N) is 1. The van der Waals surface area contributed by atoms with Crippen molar-refractivity contribution >= 4 is 11.9 Å². The monoisotopic (exact) mass is 484 g/mol. The molecule has 3 aromatic rings. The van der Waals surface area contributed by atoms with Gasteiger partial charge in [-0.1, -0.05) is 0 Å². The van der Waals surface area contributed by atoms with E-state index in [4.69, 9.17) is 19.4 Å². The van der Waals surface area contributed by atoms with Gasteiger partial charge in [0.25, 0.3) is 5.91 Å². The summed E-state index contributed by atoms with van der Waals surface area (Å²) in [6, 6.07) is 3.47. The van der Waals surface area contributed by atoms with Gasteiger partial charge in [0.1, 0.15) is 0 Å². The Hall–Kier alpha value is -4.06. The zero-order valence-electron chi connectivity index (χ0n) is 19.8. The number of hydrogen-bond acceptors (Lipinski definition) is 9. The molecular formula is C23H28N6O6. The van der Waals surface area contributed by atoms with Gasteiger partial charge in [0, 0.05) is 56.6 Å². The van der Waals surface area contributed by atoms with Gasteiger partial charge in [-0.15, -0.1) is 0 Å². The zero-order chi connectivity index (χ0) is 24.9. The second kappa shape index (κ2) is 10.5. The Kier molecular flexibility index (Phi) is 7.20. The molecule has 0 radical (unpaired) electrons. The normalized spacial score (nSPS) is 14.0. The van der Waals surface area contributed by atoms with Crippen molar-refractivity contribution in [2.24, 2.45) is 5.92 Å². The van der Waals surface area contributed by atoms with Crippen LogP contribution in [0.3, 0.4) is 0 Å². The van der Waals surface area contributed by atoms with Crippen LogP contribution in [0.1, 0.15) is 23.2 Å². The Morgan fingerprint density at radius 3 is 2.23 bits per heavy atom. The van der Waals surface area contributed by atoms with E-state index in [1.807, 2.05) is 4.90 Å². The maximum absolute atomic E-state index is 13.1. The molecule has 2 aromatic heterocycles. The molecule has 1 aromatic carbocycles. The lowest BCUT2D eigenvalue weighted by Crippen LogP contribution is -2.37. The van der Waals surface area contributed by atoms with Crippen molar-refractivity contribution in [3.05, 3.63) is 53.0 Å². The van der Waals surface area contributed by atoms with Gasteiger partial charge in [-0.3, -0.25) is 19.1 Å². The van der Waals surface area contributed by atoms with Gasteiger partial charge >= 0.3 is 5.69 Å². The number of hydroxylamine groups is 1. The van der Waals surface area contributed by atoms with Crippen LogP contribution in [0, 0.1) is 5.92 Å². The van der Waals surface area contributed by atoms with Gasteiger partial charge in [-0.25, -0.2) is 20.2 Å². The first kappa shape index (κ1) is 24.1. The minimum atomic E-state index is -0.654. The van der Waals surface area contributed by atoms with Crippen LogP contribution in [-0.4, -0.2) is 64.6 Å². The fraction of sp³-hybridized carbons (Fsp3) is 0.391. The molecule has 12 heteroatoms. The predicted octanol–water partition coefficient (Wildman–Crippen LogP) is 1.49. The van der Waals surface area contributed by atoms with Gasteiger partial charge in [0.15, 0.2) is 11.5 Å². The molecule has 1 amide bonds. The number of aromatic nitrogens is 4. The second-order valence-electron chi connectivity index (χ2n) is 8.13. The van der Waals surface area contributed by atoms with E-state index in [1.165, 1.54) is 33.7 Å². The molecule has 35 heavy (non-hydrogen) atoms. The molecule has 0 spiro atoms. The van der Waals surface area contributed by atoms with Crippen molar-refractivity contribution in [1.29, 1.82) is 0 Å². The van der Waals surface area contributed by atoms with Crippen LogP contribution in [0.5, 0.6) is 17.2 Å². The predicted molar refractivity (Wildman–Crippen MR) is 126 cm³/mol. The summed E-state index contributed by atoms with van der Waals surface area (Å²) in [5.74, 6) is 1.61. The van der Waals surface area contributed by atoms with Crippen LogP contribution in [0.2, 0.25) is 0 Å². The molecule has 2 N–H and O–H groups in total. The average Bonchev–Trinajstić information content (AvgIpc) is 3.27. The number of carbonyl (C=O) groups excluding carboxylic acids is 1. The van der Waals surface area contributed by atoms with Crippen molar-refractivity contribution in [3.63, 3.8) is 0 Å². The molecule has 186 valence electrons. The number of benzene rings is 1. The Morgan fingerprint density at radius 1 is 1.06 bits per heavy atom. The van der Waals surface area contributed by atoms with Gasteiger partial charge in [-0.2, -0.15) is 0 Å². The first-order valence-corrected chi connectivity index (χ1v) is 11.1. The number of rotatable bonds is 8. The first-order valence-electron chi connectivity index (χ1n) is 11.1. The molecule has 1 aliphatic rings. The lowest BCUT2D eigenvalue weighted by Gasteiger charge is -2.32. The second-order valence-corrected chi connectivity index (χ2v) is 8.13. The first-order chi connectivity index (χ1) is 17.0. The summed E-state index contributed by atoms with van der Waals surface area (Å²) >= 11 is 0. The number of nitrogens with zero attached hydrogens (tertiary/aromatic N) is 5. The summed E-state index contributed by atoms with van der Waals surface area (Å²) < 4.78 is 19.4. The van der Waals surface area contributed by atoms with Crippen molar-refractivity contribution < 1.29 is 24.2 Å². The lowest BCUT2D eigenvalue weighted by molar-refractivity contribution is 0.0705. The minimum Gasteiger partial charge on any atom is -0.493 e. The Bertz CT molecular complexity index is 1210. The van der Waals surface area contributed by atoms with Crippen LogP contribution in [0.25, 0.3) is 5.69 Å². The summed E-state index contributed by atoms with van der Waals surface area (Å²) in [6.07, 6.45) is 8.01. The summed E-state index contributed by atoms with van der Waals surface area (Å²) in [6.45, 7) is 2.07. The smallest absolute Gasteiger partial charge is 0.332 e. The highest BCUT2D eigenvalue weighted by Crippen LogP contribution is 2.39. The third-order valence-corrected chi connectivity index (χ3v) is 6.13. The van der Waals surface area contributed by atoms with E-state index in [-0.39, 0.29) is 11.3 Å². The highest BCUT2D eigenvalue weighted by molar-refractivity contribution is 5.92. The Morgan fingerprint density at radius 2 is 1.69 bits per heavy atom. The van der Waals surface area contributed by atoms with Gasteiger partial charge < -0.3 is 19.1 Å². The molecule has 1 fully saturated rings. The van der Waals surface area contributed by atoms with Gasteiger partial charge in [0.2, 0.25) is 11.7 Å². The fourth-order valence-corrected chi connectivity index (χ4v) is 4.21. The van der Waals surface area contributed by atoms with Crippen LogP contribution in [0.4, 0.5) is 5.95 Å². The summed E-state index contributed by atoms with van der Waals surface area (Å²) in [5.41, 5.74) is 2.21. The number of piperidine rings is 1. The number of carbonyl (C=O) groups is 1. The number of amides is 1. The third kappa shape index (κ3) is 4.92. The summed E-state index contributed by atoms with van der Waals surface area (Å²) in [4.78, 5) is 35.1.